The van der Waals surface area contributed by atoms with Crippen molar-refractivity contribution in [1.29, 1.82) is 0 Å². The first kappa shape index (κ1) is 72.7. The van der Waals surface area contributed by atoms with Gasteiger partial charge >= 0.3 is 6.03 Å². The number of sulfonamides is 6. The van der Waals surface area contributed by atoms with E-state index in [1.165, 1.54) is 54.6 Å². The topological polar surface area (TPSA) is 519 Å². The van der Waals surface area contributed by atoms with Gasteiger partial charge in [0.15, 0.2) is 0 Å². The van der Waals surface area contributed by atoms with Crippen molar-refractivity contribution in [3.8, 4) is 0 Å². The number of non-ortho nitro benzene ring substituents is 1. The molecule has 40 heteroatoms. The summed E-state index contributed by atoms with van der Waals surface area (Å²) in [4.78, 5) is 30.1. The number of anilines is 7. The molecule has 434 valence electrons. The SMILES string of the molecule is CS(=O)(=O)Cl.CS(=O)(=O)Nc1ccc(N)c(S(N)(=O)=O)c1.CS(=O)(=O)Nc1ccc(N)cc1.CS(=O)(=O)Nc1ccc([N+](=O)[O-])cc1.CS(=O)(=O)Nc1ccc2c(c1)S(=O)(=O)NC(=O)N2.NC1=CCC([N+](=O)[O-])C=C1.[CH3-].[Pd]. The van der Waals surface area contributed by atoms with Crippen molar-refractivity contribution in [3.05, 3.63) is 137 Å². The number of amides is 2. The molecule has 4 aromatic rings. The molecule has 1 aliphatic heterocycles. The fourth-order valence-corrected chi connectivity index (χ4v) is 8.94. The molecule has 0 radical (unpaired) electrons. The van der Waals surface area contributed by atoms with Gasteiger partial charge < -0.3 is 29.9 Å². The summed E-state index contributed by atoms with van der Waals surface area (Å²) in [7, 11) is -20.1. The summed E-state index contributed by atoms with van der Waals surface area (Å²) in [5, 5.41) is 27.6. The number of nitrogens with zero attached hydrogens (tertiary/aromatic N) is 2. The Morgan fingerprint density at radius 2 is 1.04 bits per heavy atom. The van der Waals surface area contributed by atoms with Crippen LogP contribution in [0.1, 0.15) is 6.42 Å². The van der Waals surface area contributed by atoms with Crippen LogP contribution in [0, 0.1) is 27.7 Å². The summed E-state index contributed by atoms with van der Waals surface area (Å²) in [5.74, 6) is 0. The quantitative estimate of drug-likeness (QED) is 0.0256. The monoisotopic (exact) mass is 1330 g/mol. The fraction of sp³-hybridized carbons (Fsp3) is 0.189. The molecule has 2 amide bonds. The van der Waals surface area contributed by atoms with Gasteiger partial charge in [0.05, 0.1) is 47.6 Å². The third-order valence-electron chi connectivity index (χ3n) is 7.64. The van der Waals surface area contributed by atoms with Crippen molar-refractivity contribution in [3.63, 3.8) is 0 Å². The molecule has 4 aromatic carbocycles. The zero-order valence-corrected chi connectivity index (χ0v) is 48.6. The van der Waals surface area contributed by atoms with Gasteiger partial charge in [-0.05, 0) is 84.9 Å². The van der Waals surface area contributed by atoms with Gasteiger partial charge in [-0.3, -0.25) is 39.1 Å². The molecule has 77 heavy (non-hydrogen) atoms. The zero-order chi connectivity index (χ0) is 58.1. The van der Waals surface area contributed by atoms with E-state index < -0.39 is 86.2 Å². The molecule has 14 N–H and O–H groups in total. The summed E-state index contributed by atoms with van der Waals surface area (Å²) in [5.41, 5.74) is 18.4. The van der Waals surface area contributed by atoms with E-state index in [0.29, 0.717) is 29.2 Å². The fourth-order valence-electron chi connectivity index (χ4n) is 4.92. The molecule has 1 aliphatic carbocycles. The number of allylic oxidation sites excluding steroid dienone is 1. The summed E-state index contributed by atoms with van der Waals surface area (Å²) in [6, 6.07) is 17.6. The molecule has 0 aromatic heterocycles. The maximum absolute atomic E-state index is 11.7. The summed E-state index contributed by atoms with van der Waals surface area (Å²) in [6.45, 7) is 0. The first-order valence-corrected chi connectivity index (χ1v) is 32.7. The molecule has 31 nitrogen and oxygen atoms in total. The number of carbonyl (C=O) groups excluding carboxylic acids is 1. The number of nitrogens with two attached hydrogens (primary N) is 4. The number of nitrogens with one attached hydrogen (secondary N) is 6. The van der Waals surface area contributed by atoms with Crippen LogP contribution in [-0.2, 0) is 89.6 Å². The molecule has 0 saturated carbocycles. The maximum atomic E-state index is 11.7. The Hall–Kier alpha value is -6.41. The van der Waals surface area contributed by atoms with Gasteiger partial charge in [-0.25, -0.2) is 73.6 Å². The number of nitro groups is 2. The number of benzene rings is 4. The van der Waals surface area contributed by atoms with Crippen molar-refractivity contribution in [2.75, 3.05) is 67.0 Å². The van der Waals surface area contributed by atoms with E-state index in [9.17, 15) is 83.9 Å². The molecule has 1 unspecified atom stereocenters. The van der Waals surface area contributed by atoms with Crippen LogP contribution in [0.5, 0.6) is 0 Å². The third-order valence-corrected chi connectivity index (χ3v) is 12.4. The van der Waals surface area contributed by atoms with Gasteiger partial charge in [0.2, 0.25) is 65.2 Å². The van der Waals surface area contributed by atoms with Crippen LogP contribution in [0.25, 0.3) is 0 Å². The molecule has 2 aliphatic rings. The molecule has 6 rings (SSSR count). The molecule has 1 heterocycles. The van der Waals surface area contributed by atoms with E-state index in [2.05, 4.69) is 34.9 Å². The van der Waals surface area contributed by atoms with Crippen LogP contribution in [0.3, 0.4) is 0 Å². The second-order valence-corrected chi connectivity index (χ2v) is 28.0. The minimum Gasteiger partial charge on any atom is -0.399 e. The number of primary sulfonamides is 1. The molecule has 0 fully saturated rings. The minimum absolute atomic E-state index is 0. The van der Waals surface area contributed by atoms with Crippen LogP contribution in [0.15, 0.2) is 119 Å². The Morgan fingerprint density at radius 3 is 1.42 bits per heavy atom. The predicted molar refractivity (Wildman–Crippen MR) is 290 cm³/mol. The number of rotatable bonds is 11. The molecule has 0 bridgehead atoms. The van der Waals surface area contributed by atoms with Crippen LogP contribution in [0.4, 0.5) is 50.3 Å². The number of nitro benzene ring substituents is 1. The van der Waals surface area contributed by atoms with Crippen molar-refractivity contribution >= 4 is 131 Å². The van der Waals surface area contributed by atoms with Crippen molar-refractivity contribution in [2.45, 2.75) is 22.3 Å². The average Bonchev–Trinajstić information content (AvgIpc) is 3.21. The number of fused-ring (bicyclic) bond motifs is 1. The Bertz CT molecular complexity index is 3610. The molecular formula is C37H52ClN12O19PdS7-. The van der Waals surface area contributed by atoms with E-state index in [4.69, 9.17) is 22.3 Å². The van der Waals surface area contributed by atoms with Crippen molar-refractivity contribution in [1.82, 2.24) is 4.72 Å². The van der Waals surface area contributed by atoms with Gasteiger partial charge in [0.1, 0.15) is 9.79 Å². The number of urea groups is 1. The smallest absolute Gasteiger partial charge is 0.333 e. The Kier molecular flexibility index (Phi) is 28.2. The van der Waals surface area contributed by atoms with Crippen LogP contribution in [0.2, 0.25) is 0 Å². The van der Waals surface area contributed by atoms with Crippen LogP contribution >= 0.6 is 10.7 Å². The summed E-state index contributed by atoms with van der Waals surface area (Å²) in [6.07, 6.45) is 10.1. The number of halogens is 1. The molecule has 0 spiro atoms. The van der Waals surface area contributed by atoms with Gasteiger partial charge in [0.25, 0.3) is 15.7 Å². The van der Waals surface area contributed by atoms with Gasteiger partial charge in [-0.1, -0.05) is 6.08 Å². The van der Waals surface area contributed by atoms with Crippen molar-refractivity contribution in [2.24, 2.45) is 10.9 Å². The number of nitrogen functional groups attached to an aromatic ring is 2. The Balaban J connectivity index is 0. The summed E-state index contributed by atoms with van der Waals surface area (Å²) < 4.78 is 162. The van der Waals surface area contributed by atoms with Crippen LogP contribution < -0.4 is 51.3 Å². The zero-order valence-electron chi connectivity index (χ0n) is 40.6. The van der Waals surface area contributed by atoms with Crippen LogP contribution in [-0.4, -0.2) is 112 Å². The Morgan fingerprint density at radius 1 is 0.649 bits per heavy atom. The van der Waals surface area contributed by atoms with E-state index in [1.54, 1.807) is 41.1 Å². The second-order valence-electron chi connectivity index (χ2n) is 14.8. The second kappa shape index (κ2) is 29.9. The van der Waals surface area contributed by atoms with E-state index in [1.807, 2.05) is 0 Å². The van der Waals surface area contributed by atoms with E-state index in [-0.39, 0.29) is 71.0 Å². The minimum atomic E-state index is -3.97. The number of hydrogen-bond acceptors (Lipinski definition) is 22. The van der Waals surface area contributed by atoms with Crippen molar-refractivity contribution < 1.29 is 94.0 Å². The van der Waals surface area contributed by atoms with Gasteiger partial charge in [-0.2, -0.15) is 0 Å². The molecular weight excluding hydrogens is 1280 g/mol. The standard InChI is InChI=1S/C8H9N3O5S2.C7H11N3O4S2.C7H8N2O4S.C7H10N2O2S.C6H8N2O2.CH3ClO2S.CH3.Pd/c1-17(13,14)10-5-2-3-6-7(4-5)18(15,16)11-8(12)9-6;1-15(11,12)10-5-2-3-6(8)7(4-5)16(9,13)14;1-14(12,13)8-6-2-4-7(5-3-6)9(10)11;1-12(10,11)9-7-4-2-6(8)3-5-7;7-5-1-3-6(4-2-5)8(9)10;1-5(2,3)4;;/h2-4,10H,1H3,(H2,9,11,12);2-4,10H,8H2,1H3,(H2,9,13,14);2-5,8H,1H3;2-5,9H,8H2,1H3;1-3,6H,4,7H2;1H3;1H3;/q;;;;;;-1;. The maximum Gasteiger partial charge on any atom is 0.333 e. The summed E-state index contributed by atoms with van der Waals surface area (Å²) >= 11 is 0. The third kappa shape index (κ3) is 32.7. The van der Waals surface area contributed by atoms with E-state index >= 15 is 0 Å². The average molecular weight is 1340 g/mol. The molecule has 0 saturated heterocycles. The number of carbonyl (C=O) groups is 1. The largest absolute Gasteiger partial charge is 0.399 e. The Labute approximate surface area is 463 Å². The first-order valence-electron chi connectivity index (χ1n) is 19.4. The first-order chi connectivity index (χ1) is 33.8. The predicted octanol–water partition coefficient (Wildman–Crippen LogP) is 1.84. The molecule has 1 atom stereocenters. The van der Waals surface area contributed by atoms with Gasteiger partial charge in [0, 0.05) is 88.7 Å². The van der Waals surface area contributed by atoms with Gasteiger partial charge in [-0.15, -0.1) is 0 Å². The van der Waals surface area contributed by atoms with E-state index in [0.717, 1.165) is 43.4 Å². The normalized spacial score (nSPS) is 14.2. The number of hydrogen-bond donors (Lipinski definition) is 10.